The quantitative estimate of drug-likeness (QED) is 0.811. The van der Waals surface area contributed by atoms with Crippen molar-refractivity contribution < 1.29 is 17.9 Å². The lowest BCUT2D eigenvalue weighted by Crippen LogP contribution is -2.45. The van der Waals surface area contributed by atoms with Crippen molar-refractivity contribution in [1.29, 1.82) is 0 Å². The van der Waals surface area contributed by atoms with E-state index in [1.165, 1.54) is 16.4 Å². The van der Waals surface area contributed by atoms with Crippen molar-refractivity contribution in [2.24, 2.45) is 0 Å². The van der Waals surface area contributed by atoms with Gasteiger partial charge >= 0.3 is 0 Å². The normalized spacial score (nSPS) is 21.5. The van der Waals surface area contributed by atoms with E-state index < -0.39 is 21.9 Å². The van der Waals surface area contributed by atoms with Crippen molar-refractivity contribution >= 4 is 15.7 Å². The van der Waals surface area contributed by atoms with Crippen LogP contribution in [0.1, 0.15) is 19.3 Å². The Labute approximate surface area is 111 Å². The highest BCUT2D eigenvalue weighted by Gasteiger charge is 2.33. The number of anilines is 1. The van der Waals surface area contributed by atoms with E-state index in [9.17, 15) is 17.9 Å². The Morgan fingerprint density at radius 2 is 2.16 bits per heavy atom. The first-order valence-electron chi connectivity index (χ1n) is 6.14. The summed E-state index contributed by atoms with van der Waals surface area (Å²) in [4.78, 5) is -0.125. The van der Waals surface area contributed by atoms with Crippen molar-refractivity contribution in [3.8, 4) is 0 Å². The SMILES string of the molecule is Nc1ccc(S(=O)(=O)N2CCCCC2CO)cc1F. The van der Waals surface area contributed by atoms with Crippen LogP contribution in [0.4, 0.5) is 10.1 Å². The van der Waals surface area contributed by atoms with Gasteiger partial charge in [-0.2, -0.15) is 4.31 Å². The smallest absolute Gasteiger partial charge is 0.243 e. The van der Waals surface area contributed by atoms with Crippen molar-refractivity contribution in [1.82, 2.24) is 4.31 Å². The molecule has 5 nitrogen and oxygen atoms in total. The molecular weight excluding hydrogens is 271 g/mol. The Bertz CT molecular complexity index is 562. The third-order valence-electron chi connectivity index (χ3n) is 3.36. The van der Waals surface area contributed by atoms with E-state index in [-0.39, 0.29) is 17.2 Å². The molecule has 1 unspecified atom stereocenters. The molecule has 0 amide bonds. The van der Waals surface area contributed by atoms with Gasteiger partial charge in [-0.1, -0.05) is 6.42 Å². The minimum Gasteiger partial charge on any atom is -0.396 e. The Morgan fingerprint density at radius 3 is 2.79 bits per heavy atom. The molecule has 1 atom stereocenters. The second-order valence-corrected chi connectivity index (χ2v) is 6.52. The van der Waals surface area contributed by atoms with Gasteiger partial charge in [0.1, 0.15) is 5.82 Å². The van der Waals surface area contributed by atoms with Crippen molar-refractivity contribution in [2.75, 3.05) is 18.9 Å². The number of hydrogen-bond acceptors (Lipinski definition) is 4. The van der Waals surface area contributed by atoms with Gasteiger partial charge in [0.25, 0.3) is 0 Å². The van der Waals surface area contributed by atoms with Gasteiger partial charge in [0.15, 0.2) is 0 Å². The van der Waals surface area contributed by atoms with E-state index in [0.29, 0.717) is 13.0 Å². The molecule has 0 spiro atoms. The fraction of sp³-hybridized carbons (Fsp3) is 0.500. The van der Waals surface area contributed by atoms with Gasteiger partial charge in [-0.25, -0.2) is 12.8 Å². The Morgan fingerprint density at radius 1 is 1.42 bits per heavy atom. The number of rotatable bonds is 3. The molecule has 0 bridgehead atoms. The number of sulfonamides is 1. The van der Waals surface area contributed by atoms with Crippen molar-refractivity contribution in [2.45, 2.75) is 30.2 Å². The van der Waals surface area contributed by atoms with Crippen LogP contribution < -0.4 is 5.73 Å². The molecule has 106 valence electrons. The number of halogens is 1. The molecule has 3 N–H and O–H groups in total. The fourth-order valence-electron chi connectivity index (χ4n) is 2.28. The van der Waals surface area contributed by atoms with E-state index in [1.54, 1.807) is 0 Å². The fourth-order valence-corrected chi connectivity index (χ4v) is 3.97. The van der Waals surface area contributed by atoms with Crippen LogP contribution in [0, 0.1) is 5.82 Å². The number of aliphatic hydroxyl groups is 1. The highest BCUT2D eigenvalue weighted by Crippen LogP contribution is 2.26. The van der Waals surface area contributed by atoms with Crippen LogP contribution >= 0.6 is 0 Å². The van der Waals surface area contributed by atoms with Gasteiger partial charge in [0.2, 0.25) is 10.0 Å². The van der Waals surface area contributed by atoms with Crippen LogP contribution in [0.15, 0.2) is 23.1 Å². The maximum Gasteiger partial charge on any atom is 0.243 e. The average Bonchev–Trinajstić information content (AvgIpc) is 2.41. The first kappa shape index (κ1) is 14.2. The minimum atomic E-state index is -3.78. The molecule has 19 heavy (non-hydrogen) atoms. The topological polar surface area (TPSA) is 83.6 Å². The zero-order chi connectivity index (χ0) is 14.0. The lowest BCUT2D eigenvalue weighted by atomic mass is 10.1. The summed E-state index contributed by atoms with van der Waals surface area (Å²) in [6.07, 6.45) is 2.24. The summed E-state index contributed by atoms with van der Waals surface area (Å²) in [5.41, 5.74) is 5.25. The first-order chi connectivity index (χ1) is 8.96. The molecule has 1 fully saturated rings. The van der Waals surface area contributed by atoms with Crippen LogP contribution in [0.3, 0.4) is 0 Å². The Kier molecular flexibility index (Phi) is 4.07. The van der Waals surface area contributed by atoms with Gasteiger partial charge in [-0.15, -0.1) is 0 Å². The zero-order valence-electron chi connectivity index (χ0n) is 10.4. The highest BCUT2D eigenvalue weighted by molar-refractivity contribution is 7.89. The number of piperidine rings is 1. The van der Waals surface area contributed by atoms with E-state index >= 15 is 0 Å². The maximum atomic E-state index is 13.4. The second-order valence-electron chi connectivity index (χ2n) is 4.63. The average molecular weight is 288 g/mol. The number of aliphatic hydroxyl groups excluding tert-OH is 1. The van der Waals surface area contributed by atoms with E-state index in [1.807, 2.05) is 0 Å². The first-order valence-corrected chi connectivity index (χ1v) is 7.58. The summed E-state index contributed by atoms with van der Waals surface area (Å²) in [5.74, 6) is -0.751. The van der Waals surface area contributed by atoms with E-state index in [0.717, 1.165) is 18.9 Å². The molecule has 1 aromatic carbocycles. The van der Waals surface area contributed by atoms with Crippen LogP contribution in [0.25, 0.3) is 0 Å². The van der Waals surface area contributed by atoms with Gasteiger partial charge in [-0.05, 0) is 31.0 Å². The molecule has 0 aromatic heterocycles. The van der Waals surface area contributed by atoms with Crippen LogP contribution in [-0.4, -0.2) is 37.0 Å². The molecule has 7 heteroatoms. The minimum absolute atomic E-state index is 0.0868. The number of benzene rings is 1. The lowest BCUT2D eigenvalue weighted by molar-refractivity contribution is 0.155. The van der Waals surface area contributed by atoms with Crippen LogP contribution in [0.5, 0.6) is 0 Å². The summed E-state index contributed by atoms with van der Waals surface area (Å²) in [5, 5.41) is 9.27. The predicted octanol–water partition coefficient (Wildman–Crippen LogP) is 0.943. The summed E-state index contributed by atoms with van der Waals surface area (Å²) < 4.78 is 39.5. The molecule has 0 saturated carbocycles. The number of nitrogens with two attached hydrogens (primary N) is 1. The summed E-state index contributed by atoms with van der Waals surface area (Å²) in [6, 6.07) is 3.02. The van der Waals surface area contributed by atoms with Crippen molar-refractivity contribution in [3.05, 3.63) is 24.0 Å². The van der Waals surface area contributed by atoms with Crippen LogP contribution in [-0.2, 0) is 10.0 Å². The molecule has 1 aliphatic heterocycles. The lowest BCUT2D eigenvalue weighted by Gasteiger charge is -2.33. The number of nitrogens with zero attached hydrogens (tertiary/aromatic N) is 1. The molecule has 0 radical (unpaired) electrons. The van der Waals surface area contributed by atoms with Gasteiger partial charge in [0, 0.05) is 12.6 Å². The second kappa shape index (κ2) is 5.44. The van der Waals surface area contributed by atoms with Gasteiger partial charge in [0.05, 0.1) is 17.2 Å². The largest absolute Gasteiger partial charge is 0.396 e. The molecule has 1 saturated heterocycles. The summed E-state index contributed by atoms with van der Waals surface area (Å²) in [7, 11) is -3.78. The van der Waals surface area contributed by atoms with Crippen molar-refractivity contribution in [3.63, 3.8) is 0 Å². The van der Waals surface area contributed by atoms with E-state index in [4.69, 9.17) is 5.73 Å². The van der Waals surface area contributed by atoms with E-state index in [2.05, 4.69) is 0 Å². The standard InChI is InChI=1S/C12H17FN2O3S/c13-11-7-10(4-5-12(11)14)19(17,18)15-6-2-1-3-9(15)8-16/h4-5,7,9,16H,1-3,6,8,14H2. The molecule has 1 aliphatic rings. The number of nitrogen functional groups attached to an aromatic ring is 1. The third-order valence-corrected chi connectivity index (χ3v) is 5.31. The van der Waals surface area contributed by atoms with Crippen LogP contribution in [0.2, 0.25) is 0 Å². The molecule has 1 aromatic rings. The van der Waals surface area contributed by atoms with Gasteiger partial charge in [-0.3, -0.25) is 0 Å². The maximum absolute atomic E-state index is 13.4. The Balaban J connectivity index is 2.37. The van der Waals surface area contributed by atoms with Gasteiger partial charge < -0.3 is 10.8 Å². The third kappa shape index (κ3) is 2.72. The highest BCUT2D eigenvalue weighted by atomic mass is 32.2. The molecular formula is C12H17FN2O3S. The summed E-state index contributed by atoms with van der Waals surface area (Å²) in [6.45, 7) is 0.121. The number of hydrogen-bond donors (Lipinski definition) is 2. The Hall–Kier alpha value is -1.18. The monoisotopic (exact) mass is 288 g/mol. The molecule has 0 aliphatic carbocycles. The predicted molar refractivity (Wildman–Crippen MR) is 69.4 cm³/mol. The summed E-state index contributed by atoms with van der Waals surface area (Å²) >= 11 is 0. The molecule has 2 rings (SSSR count). The zero-order valence-corrected chi connectivity index (χ0v) is 11.2. The molecule has 1 heterocycles.